The number of benzene rings is 1. The first-order chi connectivity index (χ1) is 8.60. The van der Waals surface area contributed by atoms with Crippen molar-refractivity contribution in [2.45, 2.75) is 30.6 Å². The van der Waals surface area contributed by atoms with Crippen LogP contribution in [0.1, 0.15) is 29.6 Å². The van der Waals surface area contributed by atoms with E-state index >= 15 is 0 Å². The molecule has 0 heterocycles. The van der Waals surface area contributed by atoms with Crippen molar-refractivity contribution in [2.75, 3.05) is 6.26 Å². The summed E-state index contributed by atoms with van der Waals surface area (Å²) < 4.78 is 0.967. The van der Waals surface area contributed by atoms with Gasteiger partial charge in [0.05, 0.1) is 5.02 Å². The highest BCUT2D eigenvalue weighted by Gasteiger charge is 2.25. The maximum Gasteiger partial charge on any atom is 0.251 e. The van der Waals surface area contributed by atoms with Gasteiger partial charge in [0.1, 0.15) is 0 Å². The van der Waals surface area contributed by atoms with Crippen molar-refractivity contribution < 1.29 is 4.79 Å². The van der Waals surface area contributed by atoms with Gasteiger partial charge in [-0.05, 0) is 66.3 Å². The minimum Gasteiger partial charge on any atom is -0.349 e. The summed E-state index contributed by atoms with van der Waals surface area (Å²) in [5.41, 5.74) is 0.646. The van der Waals surface area contributed by atoms with E-state index in [1.165, 1.54) is 6.42 Å². The van der Waals surface area contributed by atoms with Crippen LogP contribution in [-0.4, -0.2) is 23.5 Å². The first-order valence-corrected chi connectivity index (χ1v) is 8.63. The van der Waals surface area contributed by atoms with Gasteiger partial charge in [-0.2, -0.15) is 11.8 Å². The summed E-state index contributed by atoms with van der Waals surface area (Å²) in [5.74, 6) is -0.0138. The zero-order chi connectivity index (χ0) is 13.1. The molecule has 1 aliphatic rings. The van der Waals surface area contributed by atoms with Crippen LogP contribution in [0.3, 0.4) is 0 Å². The lowest BCUT2D eigenvalue weighted by Gasteiger charge is -2.13. The third-order valence-electron chi connectivity index (χ3n) is 3.23. The normalized spacial score (nSPS) is 23.1. The number of rotatable bonds is 3. The molecule has 0 aromatic heterocycles. The van der Waals surface area contributed by atoms with Crippen molar-refractivity contribution in [1.82, 2.24) is 5.32 Å². The maximum atomic E-state index is 12.1. The molecule has 0 radical (unpaired) electrons. The number of amides is 1. The molecule has 0 bridgehead atoms. The van der Waals surface area contributed by atoms with Crippen LogP contribution in [0.25, 0.3) is 0 Å². The molecule has 0 saturated heterocycles. The van der Waals surface area contributed by atoms with Crippen LogP contribution in [0.5, 0.6) is 0 Å². The minimum atomic E-state index is -0.0138. The Hall–Kier alpha value is 0.0600. The first kappa shape index (κ1) is 14.5. The lowest BCUT2D eigenvalue weighted by molar-refractivity contribution is 0.0938. The minimum absolute atomic E-state index is 0.0138. The van der Waals surface area contributed by atoms with Crippen molar-refractivity contribution in [3.05, 3.63) is 32.4 Å². The highest BCUT2D eigenvalue weighted by Crippen LogP contribution is 2.28. The summed E-state index contributed by atoms with van der Waals surface area (Å²) >= 11 is 10.1. The topological polar surface area (TPSA) is 29.1 Å². The molecule has 2 nitrogen and oxygen atoms in total. The Balaban J connectivity index is 1.97. The van der Waals surface area contributed by atoms with E-state index in [4.69, 9.17) is 11.6 Å². The van der Waals surface area contributed by atoms with Crippen molar-refractivity contribution in [3.63, 3.8) is 0 Å². The van der Waals surface area contributed by atoms with E-state index in [1.807, 2.05) is 23.9 Å². The van der Waals surface area contributed by atoms with Gasteiger partial charge in [0.2, 0.25) is 0 Å². The highest BCUT2D eigenvalue weighted by molar-refractivity contribution is 14.1. The number of thioether (sulfide) groups is 1. The third-order valence-corrected chi connectivity index (χ3v) is 5.90. The highest BCUT2D eigenvalue weighted by atomic mass is 127. The average Bonchev–Trinajstić information content (AvgIpc) is 2.80. The lowest BCUT2D eigenvalue weighted by Crippen LogP contribution is -2.33. The number of carbonyl (C=O) groups excluding carboxylic acids is 1. The molecule has 18 heavy (non-hydrogen) atoms. The zero-order valence-electron chi connectivity index (χ0n) is 10.1. The summed E-state index contributed by atoms with van der Waals surface area (Å²) in [6, 6.07) is 5.74. The van der Waals surface area contributed by atoms with Gasteiger partial charge in [-0.1, -0.05) is 11.6 Å². The molecule has 1 N–H and O–H groups in total. The van der Waals surface area contributed by atoms with Crippen molar-refractivity contribution >= 4 is 51.9 Å². The van der Waals surface area contributed by atoms with Gasteiger partial charge in [0, 0.05) is 20.4 Å². The van der Waals surface area contributed by atoms with Crippen molar-refractivity contribution in [3.8, 4) is 0 Å². The lowest BCUT2D eigenvalue weighted by atomic mass is 10.2. The standard InChI is InChI=1S/C13H15ClINOS/c1-18-10-4-3-9(7-10)16-13(17)8-2-5-12(15)11(14)6-8/h2,5-6,9-10H,3-4,7H2,1H3,(H,16,17). The molecule has 1 aromatic carbocycles. The predicted octanol–water partition coefficient (Wildman–Crippen LogP) is 3.96. The number of halogens is 2. The molecule has 1 fully saturated rings. The van der Waals surface area contributed by atoms with Crippen LogP contribution >= 0.6 is 46.0 Å². The molecule has 2 unspecified atom stereocenters. The smallest absolute Gasteiger partial charge is 0.251 e. The van der Waals surface area contributed by atoms with Gasteiger partial charge in [-0.25, -0.2) is 0 Å². The summed E-state index contributed by atoms with van der Waals surface area (Å²) in [6.07, 6.45) is 5.48. The molecule has 98 valence electrons. The second kappa shape index (κ2) is 6.48. The number of carbonyl (C=O) groups is 1. The van der Waals surface area contributed by atoms with E-state index in [0.29, 0.717) is 21.9 Å². The molecule has 0 spiro atoms. The van der Waals surface area contributed by atoms with Gasteiger partial charge in [-0.3, -0.25) is 4.79 Å². The maximum absolute atomic E-state index is 12.1. The fraction of sp³-hybridized carbons (Fsp3) is 0.462. The summed E-state index contributed by atoms with van der Waals surface area (Å²) in [6.45, 7) is 0. The molecule has 1 amide bonds. The van der Waals surface area contributed by atoms with E-state index in [9.17, 15) is 4.79 Å². The predicted molar refractivity (Wildman–Crippen MR) is 86.6 cm³/mol. The number of nitrogens with one attached hydrogen (secondary N) is 1. The zero-order valence-corrected chi connectivity index (χ0v) is 13.8. The van der Waals surface area contributed by atoms with Gasteiger partial charge in [0.15, 0.2) is 0 Å². The van der Waals surface area contributed by atoms with Crippen LogP contribution < -0.4 is 5.32 Å². The van der Waals surface area contributed by atoms with E-state index < -0.39 is 0 Å². The monoisotopic (exact) mass is 395 g/mol. The van der Waals surface area contributed by atoms with Crippen LogP contribution in [0.15, 0.2) is 18.2 Å². The van der Waals surface area contributed by atoms with Gasteiger partial charge < -0.3 is 5.32 Å². The Kier molecular flexibility index (Phi) is 5.21. The average molecular weight is 396 g/mol. The van der Waals surface area contributed by atoms with Crippen molar-refractivity contribution in [2.24, 2.45) is 0 Å². The van der Waals surface area contributed by atoms with Crippen molar-refractivity contribution in [1.29, 1.82) is 0 Å². The quantitative estimate of drug-likeness (QED) is 0.785. The van der Waals surface area contributed by atoms with Gasteiger partial charge in [0.25, 0.3) is 5.91 Å². The molecule has 1 aliphatic carbocycles. The molecule has 5 heteroatoms. The molecule has 0 aliphatic heterocycles. The largest absolute Gasteiger partial charge is 0.349 e. The van der Waals surface area contributed by atoms with Crippen LogP contribution in [-0.2, 0) is 0 Å². The van der Waals surface area contributed by atoms with E-state index in [0.717, 1.165) is 16.4 Å². The van der Waals surface area contributed by atoms with Crippen LogP contribution in [0, 0.1) is 3.57 Å². The van der Waals surface area contributed by atoms with E-state index in [2.05, 4.69) is 34.2 Å². The summed E-state index contributed by atoms with van der Waals surface area (Å²) in [5, 5.41) is 4.42. The van der Waals surface area contributed by atoms with E-state index in [1.54, 1.807) is 6.07 Å². The van der Waals surface area contributed by atoms with Gasteiger partial charge >= 0.3 is 0 Å². The molecular weight excluding hydrogens is 381 g/mol. The first-order valence-electron chi connectivity index (χ1n) is 5.89. The Labute approximate surface area is 130 Å². The Bertz CT molecular complexity index is 455. The third kappa shape index (κ3) is 3.54. The van der Waals surface area contributed by atoms with Crippen LogP contribution in [0.2, 0.25) is 5.02 Å². The number of hydrogen-bond acceptors (Lipinski definition) is 2. The SMILES string of the molecule is CSC1CCC(NC(=O)c2ccc(I)c(Cl)c2)C1. The Morgan fingerprint density at radius 1 is 1.50 bits per heavy atom. The molecule has 2 rings (SSSR count). The Morgan fingerprint density at radius 2 is 2.28 bits per heavy atom. The van der Waals surface area contributed by atoms with E-state index in [-0.39, 0.29) is 5.91 Å². The second-order valence-electron chi connectivity index (χ2n) is 4.47. The molecule has 2 atom stereocenters. The molecular formula is C13H15ClINOS. The second-order valence-corrected chi connectivity index (χ2v) is 7.18. The molecule has 1 saturated carbocycles. The molecule has 1 aromatic rings. The fourth-order valence-corrected chi connectivity index (χ4v) is 3.50. The fourth-order valence-electron chi connectivity index (χ4n) is 2.19. The number of hydrogen-bond donors (Lipinski definition) is 1. The summed E-state index contributed by atoms with van der Waals surface area (Å²) in [4.78, 5) is 12.1. The van der Waals surface area contributed by atoms with Crippen LogP contribution in [0.4, 0.5) is 0 Å². The van der Waals surface area contributed by atoms with Gasteiger partial charge in [-0.15, -0.1) is 0 Å². The Morgan fingerprint density at radius 3 is 2.89 bits per heavy atom. The summed E-state index contributed by atoms with van der Waals surface area (Å²) in [7, 11) is 0.